The van der Waals surface area contributed by atoms with Gasteiger partial charge in [-0.15, -0.1) is 0 Å². The third-order valence-corrected chi connectivity index (χ3v) is 4.97. The average molecular weight is 324 g/mol. The zero-order valence-electron chi connectivity index (χ0n) is 13.6. The van der Waals surface area contributed by atoms with E-state index in [1.54, 1.807) is 17.0 Å². The molecule has 2 heterocycles. The standard InChI is InChI=1S/C19H20N2O3/c1-12(13-4-5-13)18(22)20-15-7-6-14-8-9-21(16(14)11-15)19(23)17-3-2-10-24-17/h2-3,6-7,10-13H,4-5,8-9H2,1H3,(H,20,22). The van der Waals surface area contributed by atoms with Crippen LogP contribution in [0.15, 0.2) is 41.0 Å². The van der Waals surface area contributed by atoms with Gasteiger partial charge in [-0.05, 0) is 55.0 Å². The van der Waals surface area contributed by atoms with E-state index in [4.69, 9.17) is 4.42 Å². The number of rotatable bonds is 4. The molecule has 1 saturated carbocycles. The number of anilines is 2. The van der Waals surface area contributed by atoms with Crippen molar-refractivity contribution in [3.63, 3.8) is 0 Å². The molecule has 0 spiro atoms. The summed E-state index contributed by atoms with van der Waals surface area (Å²) >= 11 is 0. The molecule has 1 aromatic carbocycles. The summed E-state index contributed by atoms with van der Waals surface area (Å²) in [5, 5.41) is 2.99. The molecule has 5 nitrogen and oxygen atoms in total. The highest BCUT2D eigenvalue weighted by molar-refractivity contribution is 6.06. The molecule has 2 aliphatic rings. The lowest BCUT2D eigenvalue weighted by atomic mass is 10.1. The number of amides is 2. The van der Waals surface area contributed by atoms with Crippen LogP contribution in [0.3, 0.4) is 0 Å². The maximum Gasteiger partial charge on any atom is 0.293 e. The van der Waals surface area contributed by atoms with E-state index < -0.39 is 0 Å². The first-order valence-electron chi connectivity index (χ1n) is 8.42. The molecule has 1 atom stereocenters. The molecule has 1 aliphatic heterocycles. The first kappa shape index (κ1) is 15.0. The van der Waals surface area contributed by atoms with E-state index in [1.807, 2.05) is 25.1 Å². The Hall–Kier alpha value is -2.56. The highest BCUT2D eigenvalue weighted by Gasteiger charge is 2.33. The van der Waals surface area contributed by atoms with E-state index in [0.29, 0.717) is 18.2 Å². The van der Waals surface area contributed by atoms with Crippen LogP contribution < -0.4 is 10.2 Å². The lowest BCUT2D eigenvalue weighted by Gasteiger charge is -2.17. The Bertz CT molecular complexity index is 778. The molecule has 0 radical (unpaired) electrons. The molecule has 0 saturated heterocycles. The summed E-state index contributed by atoms with van der Waals surface area (Å²) < 4.78 is 5.22. The summed E-state index contributed by atoms with van der Waals surface area (Å²) in [6, 6.07) is 9.17. The van der Waals surface area contributed by atoms with Gasteiger partial charge >= 0.3 is 0 Å². The SMILES string of the molecule is CC(C(=O)Nc1ccc2c(c1)N(C(=O)c1ccco1)CC2)C1CC1. The smallest absolute Gasteiger partial charge is 0.293 e. The highest BCUT2D eigenvalue weighted by Crippen LogP contribution is 2.37. The van der Waals surface area contributed by atoms with E-state index in [1.165, 1.54) is 6.26 Å². The molecule has 4 rings (SSSR count). The first-order valence-corrected chi connectivity index (χ1v) is 8.42. The summed E-state index contributed by atoms with van der Waals surface area (Å²) in [6.45, 7) is 2.61. The molecule has 1 unspecified atom stereocenters. The van der Waals surface area contributed by atoms with Crippen LogP contribution in [0.1, 0.15) is 35.9 Å². The number of carbonyl (C=O) groups is 2. The number of nitrogens with one attached hydrogen (secondary N) is 1. The van der Waals surface area contributed by atoms with Crippen molar-refractivity contribution in [2.45, 2.75) is 26.2 Å². The third-order valence-electron chi connectivity index (χ3n) is 4.97. The molecular formula is C19H20N2O3. The first-order chi connectivity index (χ1) is 11.6. The molecule has 24 heavy (non-hydrogen) atoms. The minimum Gasteiger partial charge on any atom is -0.459 e. The van der Waals surface area contributed by atoms with Crippen LogP contribution >= 0.6 is 0 Å². The molecule has 2 aromatic rings. The molecule has 1 N–H and O–H groups in total. The Morgan fingerprint density at radius 2 is 2.12 bits per heavy atom. The van der Waals surface area contributed by atoms with Crippen LogP contribution in [0.25, 0.3) is 0 Å². The van der Waals surface area contributed by atoms with Gasteiger partial charge in [0.15, 0.2) is 5.76 Å². The summed E-state index contributed by atoms with van der Waals surface area (Å²) in [4.78, 5) is 26.6. The largest absolute Gasteiger partial charge is 0.459 e. The number of benzene rings is 1. The fourth-order valence-corrected chi connectivity index (χ4v) is 3.27. The van der Waals surface area contributed by atoms with E-state index in [-0.39, 0.29) is 17.7 Å². The fraction of sp³-hybridized carbons (Fsp3) is 0.368. The van der Waals surface area contributed by atoms with Crippen molar-refractivity contribution in [2.24, 2.45) is 11.8 Å². The van der Waals surface area contributed by atoms with Gasteiger partial charge in [0.1, 0.15) is 0 Å². The number of furan rings is 1. The van der Waals surface area contributed by atoms with E-state index >= 15 is 0 Å². The number of hydrogen-bond acceptors (Lipinski definition) is 3. The quantitative estimate of drug-likeness (QED) is 0.936. The Kier molecular flexibility index (Phi) is 3.63. The molecule has 1 aliphatic carbocycles. The van der Waals surface area contributed by atoms with Crippen LogP contribution in [-0.4, -0.2) is 18.4 Å². The number of hydrogen-bond donors (Lipinski definition) is 1. The van der Waals surface area contributed by atoms with Gasteiger partial charge in [-0.3, -0.25) is 9.59 Å². The minimum atomic E-state index is -0.145. The van der Waals surface area contributed by atoms with Gasteiger partial charge in [0.2, 0.25) is 5.91 Å². The van der Waals surface area contributed by atoms with E-state index in [2.05, 4.69) is 5.32 Å². The average Bonchev–Trinajstić information content (AvgIpc) is 3.12. The molecule has 1 aromatic heterocycles. The lowest BCUT2D eigenvalue weighted by Crippen LogP contribution is -2.28. The van der Waals surface area contributed by atoms with Gasteiger partial charge in [0.25, 0.3) is 5.91 Å². The predicted octanol–water partition coefficient (Wildman–Crippen LogP) is 3.47. The van der Waals surface area contributed by atoms with Gasteiger partial charge < -0.3 is 14.6 Å². The molecule has 1 fully saturated rings. The van der Waals surface area contributed by atoms with E-state index in [9.17, 15) is 9.59 Å². The molecule has 124 valence electrons. The summed E-state index contributed by atoms with van der Waals surface area (Å²) in [7, 11) is 0. The molecule has 2 amide bonds. The summed E-state index contributed by atoms with van der Waals surface area (Å²) in [5.41, 5.74) is 2.71. The Morgan fingerprint density at radius 1 is 1.29 bits per heavy atom. The van der Waals surface area contributed by atoms with Gasteiger partial charge in [-0.2, -0.15) is 0 Å². The van der Waals surface area contributed by atoms with Crippen molar-refractivity contribution in [3.05, 3.63) is 47.9 Å². The maximum absolute atomic E-state index is 12.6. The van der Waals surface area contributed by atoms with Crippen LogP contribution in [0, 0.1) is 11.8 Å². The van der Waals surface area contributed by atoms with Crippen molar-refractivity contribution in [1.29, 1.82) is 0 Å². The molecule has 5 heteroatoms. The van der Waals surface area contributed by atoms with Gasteiger partial charge in [0.05, 0.1) is 6.26 Å². The second kappa shape index (κ2) is 5.82. The van der Waals surface area contributed by atoms with Crippen LogP contribution in [0.5, 0.6) is 0 Å². The summed E-state index contributed by atoms with van der Waals surface area (Å²) in [5.74, 6) is 0.808. The Morgan fingerprint density at radius 3 is 2.83 bits per heavy atom. The second-order valence-electron chi connectivity index (χ2n) is 6.64. The maximum atomic E-state index is 12.6. The van der Waals surface area contributed by atoms with Gasteiger partial charge in [-0.25, -0.2) is 0 Å². The normalized spacial score (nSPS) is 17.5. The van der Waals surface area contributed by atoms with Crippen molar-refractivity contribution >= 4 is 23.2 Å². The van der Waals surface area contributed by atoms with Crippen molar-refractivity contribution < 1.29 is 14.0 Å². The fourth-order valence-electron chi connectivity index (χ4n) is 3.27. The van der Waals surface area contributed by atoms with Crippen molar-refractivity contribution in [1.82, 2.24) is 0 Å². The Balaban J connectivity index is 1.54. The third kappa shape index (κ3) is 2.70. The minimum absolute atomic E-state index is 0.0408. The van der Waals surface area contributed by atoms with Gasteiger partial charge in [0, 0.05) is 23.8 Å². The van der Waals surface area contributed by atoms with Crippen LogP contribution in [-0.2, 0) is 11.2 Å². The second-order valence-corrected chi connectivity index (χ2v) is 6.64. The molecular weight excluding hydrogens is 304 g/mol. The van der Waals surface area contributed by atoms with Crippen molar-refractivity contribution in [3.8, 4) is 0 Å². The number of fused-ring (bicyclic) bond motifs is 1. The zero-order chi connectivity index (χ0) is 16.7. The highest BCUT2D eigenvalue weighted by atomic mass is 16.3. The van der Waals surface area contributed by atoms with Crippen molar-refractivity contribution in [2.75, 3.05) is 16.8 Å². The van der Waals surface area contributed by atoms with Crippen LogP contribution in [0.4, 0.5) is 11.4 Å². The Labute approximate surface area is 140 Å². The summed E-state index contributed by atoms with van der Waals surface area (Å²) in [6.07, 6.45) is 4.60. The molecule has 0 bridgehead atoms. The zero-order valence-corrected chi connectivity index (χ0v) is 13.6. The lowest BCUT2D eigenvalue weighted by molar-refractivity contribution is -0.119. The number of nitrogens with zero attached hydrogens (tertiary/aromatic N) is 1. The van der Waals surface area contributed by atoms with Gasteiger partial charge in [-0.1, -0.05) is 13.0 Å². The topological polar surface area (TPSA) is 62.6 Å². The van der Waals surface area contributed by atoms with E-state index in [0.717, 1.165) is 36.2 Å². The predicted molar refractivity (Wildman–Crippen MR) is 91.0 cm³/mol. The van der Waals surface area contributed by atoms with Crippen LogP contribution in [0.2, 0.25) is 0 Å². The monoisotopic (exact) mass is 324 g/mol. The number of carbonyl (C=O) groups excluding carboxylic acids is 2.